The van der Waals surface area contributed by atoms with Crippen molar-refractivity contribution in [1.29, 1.82) is 0 Å². The molecule has 0 aromatic carbocycles. The first-order chi connectivity index (χ1) is 9.97. The number of hydrogen-bond donors (Lipinski definition) is 1. The van der Waals surface area contributed by atoms with Crippen LogP contribution in [0, 0.1) is 0 Å². The fourth-order valence-electron chi connectivity index (χ4n) is 1.71. The zero-order valence-corrected chi connectivity index (χ0v) is 12.7. The summed E-state index contributed by atoms with van der Waals surface area (Å²) in [5.41, 5.74) is 1.17. The Bertz CT molecular complexity index is 605. The Labute approximate surface area is 124 Å². The molecule has 6 nitrogen and oxygen atoms in total. The second-order valence-electron chi connectivity index (χ2n) is 5.05. The van der Waals surface area contributed by atoms with Crippen LogP contribution in [0.2, 0.25) is 0 Å². The Morgan fingerprint density at radius 1 is 0.905 bits per heavy atom. The molecule has 21 heavy (non-hydrogen) atoms. The molecule has 0 aliphatic heterocycles. The molecule has 2 heterocycles. The topological polar surface area (TPSA) is 61.4 Å². The third-order valence-electron chi connectivity index (χ3n) is 2.93. The maximum Gasteiger partial charge on any atom is 0.257 e. The first kappa shape index (κ1) is 14.8. The molecule has 6 heteroatoms. The molecule has 0 saturated heterocycles. The molecule has 110 valence electrons. The zero-order valence-electron chi connectivity index (χ0n) is 12.7. The zero-order chi connectivity index (χ0) is 15.4. The first-order valence-corrected chi connectivity index (χ1v) is 6.55. The van der Waals surface area contributed by atoms with E-state index in [4.69, 9.17) is 0 Å². The fraction of sp³-hybridized carbons (Fsp3) is 0.267. The summed E-state index contributed by atoms with van der Waals surface area (Å²) in [5, 5.41) is 2.80. The van der Waals surface area contributed by atoms with Crippen molar-refractivity contribution in [2.45, 2.75) is 0 Å². The summed E-state index contributed by atoms with van der Waals surface area (Å²) in [6.07, 6.45) is 3.20. The van der Waals surface area contributed by atoms with Gasteiger partial charge in [0.25, 0.3) is 5.91 Å². The van der Waals surface area contributed by atoms with Gasteiger partial charge in [-0.15, -0.1) is 0 Å². The van der Waals surface area contributed by atoms with Crippen LogP contribution in [0.4, 0.5) is 17.3 Å². The van der Waals surface area contributed by atoms with Gasteiger partial charge < -0.3 is 15.1 Å². The van der Waals surface area contributed by atoms with Crippen molar-refractivity contribution in [3.05, 3.63) is 42.2 Å². The summed E-state index contributed by atoms with van der Waals surface area (Å²) < 4.78 is 0. The van der Waals surface area contributed by atoms with Gasteiger partial charge in [-0.05, 0) is 24.3 Å². The van der Waals surface area contributed by atoms with Gasteiger partial charge in [-0.3, -0.25) is 4.79 Å². The molecule has 0 saturated carbocycles. The Hall–Kier alpha value is -2.63. The molecular weight excluding hydrogens is 266 g/mol. The fourth-order valence-corrected chi connectivity index (χ4v) is 1.71. The van der Waals surface area contributed by atoms with E-state index in [1.54, 1.807) is 18.5 Å². The number of aromatic nitrogens is 2. The molecule has 0 aliphatic rings. The molecule has 0 bridgehead atoms. The van der Waals surface area contributed by atoms with Crippen LogP contribution in [0.15, 0.2) is 36.7 Å². The van der Waals surface area contributed by atoms with E-state index in [-0.39, 0.29) is 5.91 Å². The summed E-state index contributed by atoms with van der Waals surface area (Å²) in [5.74, 6) is 1.45. The average molecular weight is 285 g/mol. The van der Waals surface area contributed by atoms with E-state index in [9.17, 15) is 4.79 Å². The van der Waals surface area contributed by atoms with E-state index >= 15 is 0 Å². The van der Waals surface area contributed by atoms with Crippen LogP contribution in [0.5, 0.6) is 0 Å². The lowest BCUT2D eigenvalue weighted by Crippen LogP contribution is -2.15. The predicted molar refractivity (Wildman–Crippen MR) is 85.1 cm³/mol. The Morgan fingerprint density at radius 3 is 1.90 bits per heavy atom. The van der Waals surface area contributed by atoms with Gasteiger partial charge >= 0.3 is 0 Å². The number of nitrogens with one attached hydrogen (secondary N) is 1. The largest absolute Gasteiger partial charge is 0.363 e. The number of rotatable bonds is 4. The number of hydrogen-bond acceptors (Lipinski definition) is 5. The highest BCUT2D eigenvalue weighted by Gasteiger charge is 2.08. The molecule has 2 aromatic rings. The van der Waals surface area contributed by atoms with Crippen molar-refractivity contribution in [2.24, 2.45) is 0 Å². The van der Waals surface area contributed by atoms with Crippen LogP contribution in [0.25, 0.3) is 0 Å². The van der Waals surface area contributed by atoms with Crippen molar-refractivity contribution in [3.8, 4) is 0 Å². The molecule has 0 radical (unpaired) electrons. The lowest BCUT2D eigenvalue weighted by atomic mass is 10.2. The van der Waals surface area contributed by atoms with Gasteiger partial charge in [-0.1, -0.05) is 0 Å². The van der Waals surface area contributed by atoms with Crippen LogP contribution in [0.3, 0.4) is 0 Å². The Kier molecular flexibility index (Phi) is 4.37. The van der Waals surface area contributed by atoms with Crippen molar-refractivity contribution in [1.82, 2.24) is 9.97 Å². The molecule has 0 spiro atoms. The van der Waals surface area contributed by atoms with Crippen molar-refractivity contribution in [3.63, 3.8) is 0 Å². The molecule has 2 aromatic heterocycles. The quantitative estimate of drug-likeness (QED) is 0.929. The van der Waals surface area contributed by atoms with Gasteiger partial charge in [0.1, 0.15) is 11.6 Å². The number of nitrogens with zero attached hydrogens (tertiary/aromatic N) is 4. The molecular formula is C15H19N5O. The van der Waals surface area contributed by atoms with Crippen LogP contribution in [-0.4, -0.2) is 44.1 Å². The van der Waals surface area contributed by atoms with E-state index in [1.807, 2.05) is 56.2 Å². The Morgan fingerprint density at radius 2 is 1.48 bits per heavy atom. The van der Waals surface area contributed by atoms with E-state index < -0.39 is 0 Å². The number of amides is 1. The standard InChI is InChI=1S/C15H19N5O/c1-19(2)13-7-5-11(9-16-13)15(21)18-12-6-8-14(17-10-12)20(3)4/h5-10H,1-4H3,(H,18,21). The van der Waals surface area contributed by atoms with Crippen LogP contribution < -0.4 is 15.1 Å². The van der Waals surface area contributed by atoms with Gasteiger partial charge in [-0.25, -0.2) is 9.97 Å². The maximum atomic E-state index is 12.1. The SMILES string of the molecule is CN(C)c1ccc(NC(=O)c2ccc(N(C)C)nc2)cn1. The molecule has 1 amide bonds. The van der Waals surface area contributed by atoms with E-state index in [0.717, 1.165) is 11.6 Å². The highest BCUT2D eigenvalue weighted by atomic mass is 16.1. The minimum atomic E-state index is -0.202. The number of carbonyl (C=O) groups is 1. The first-order valence-electron chi connectivity index (χ1n) is 6.55. The number of anilines is 3. The monoisotopic (exact) mass is 285 g/mol. The third kappa shape index (κ3) is 3.68. The predicted octanol–water partition coefficient (Wildman–Crippen LogP) is 1.86. The van der Waals surface area contributed by atoms with Crippen molar-refractivity contribution >= 4 is 23.2 Å². The Balaban J connectivity index is 2.06. The minimum Gasteiger partial charge on any atom is -0.363 e. The van der Waals surface area contributed by atoms with Gasteiger partial charge in [0.2, 0.25) is 0 Å². The molecule has 2 rings (SSSR count). The van der Waals surface area contributed by atoms with E-state index in [0.29, 0.717) is 11.3 Å². The van der Waals surface area contributed by atoms with Gasteiger partial charge in [0.05, 0.1) is 17.4 Å². The molecule has 1 N–H and O–H groups in total. The molecule has 0 aliphatic carbocycles. The summed E-state index contributed by atoms with van der Waals surface area (Å²) in [7, 11) is 7.64. The van der Waals surface area contributed by atoms with Crippen LogP contribution in [0.1, 0.15) is 10.4 Å². The molecule has 0 atom stereocenters. The van der Waals surface area contributed by atoms with Crippen LogP contribution >= 0.6 is 0 Å². The normalized spacial score (nSPS) is 10.1. The highest BCUT2D eigenvalue weighted by molar-refractivity contribution is 6.04. The third-order valence-corrected chi connectivity index (χ3v) is 2.93. The lowest BCUT2D eigenvalue weighted by Gasteiger charge is -2.12. The van der Waals surface area contributed by atoms with Crippen LogP contribution in [-0.2, 0) is 0 Å². The lowest BCUT2D eigenvalue weighted by molar-refractivity contribution is 0.102. The van der Waals surface area contributed by atoms with Crippen molar-refractivity contribution in [2.75, 3.05) is 43.3 Å². The van der Waals surface area contributed by atoms with E-state index in [2.05, 4.69) is 15.3 Å². The van der Waals surface area contributed by atoms with Gasteiger partial charge in [-0.2, -0.15) is 0 Å². The number of carbonyl (C=O) groups excluding carboxylic acids is 1. The number of pyridine rings is 2. The van der Waals surface area contributed by atoms with Crippen molar-refractivity contribution < 1.29 is 4.79 Å². The second-order valence-corrected chi connectivity index (χ2v) is 5.05. The van der Waals surface area contributed by atoms with E-state index in [1.165, 1.54) is 0 Å². The van der Waals surface area contributed by atoms with Gasteiger partial charge in [0, 0.05) is 34.4 Å². The summed E-state index contributed by atoms with van der Waals surface area (Å²) in [4.78, 5) is 24.4. The average Bonchev–Trinajstić information content (AvgIpc) is 2.47. The minimum absolute atomic E-state index is 0.202. The van der Waals surface area contributed by atoms with Gasteiger partial charge in [0.15, 0.2) is 0 Å². The summed E-state index contributed by atoms with van der Waals surface area (Å²) >= 11 is 0. The second kappa shape index (κ2) is 6.21. The smallest absolute Gasteiger partial charge is 0.257 e. The molecule has 0 unspecified atom stereocenters. The maximum absolute atomic E-state index is 12.1. The summed E-state index contributed by atoms with van der Waals surface area (Å²) in [6, 6.07) is 7.23. The summed E-state index contributed by atoms with van der Waals surface area (Å²) in [6.45, 7) is 0. The highest BCUT2D eigenvalue weighted by Crippen LogP contribution is 2.14. The molecule has 0 fully saturated rings.